The predicted molar refractivity (Wildman–Crippen MR) is 95.1 cm³/mol. The van der Waals surface area contributed by atoms with Crippen molar-refractivity contribution in [1.29, 1.82) is 0 Å². The third kappa shape index (κ3) is 3.42. The molecule has 2 heterocycles. The van der Waals surface area contributed by atoms with Crippen LogP contribution in [0.25, 0.3) is 0 Å². The molecule has 4 rings (SSSR count). The fourth-order valence-corrected chi connectivity index (χ4v) is 4.26. The van der Waals surface area contributed by atoms with Crippen LogP contribution < -0.4 is 10.1 Å². The van der Waals surface area contributed by atoms with E-state index in [9.17, 15) is 13.2 Å². The van der Waals surface area contributed by atoms with Crippen LogP contribution >= 0.6 is 0 Å². The largest absolute Gasteiger partial charge is 0.492 e. The van der Waals surface area contributed by atoms with Crippen molar-refractivity contribution >= 4 is 21.6 Å². The first kappa shape index (κ1) is 17.0. The van der Waals surface area contributed by atoms with Crippen molar-refractivity contribution in [2.45, 2.75) is 24.3 Å². The zero-order chi connectivity index (χ0) is 18.1. The zero-order valence-corrected chi connectivity index (χ0v) is 14.9. The summed E-state index contributed by atoms with van der Waals surface area (Å²) in [6.45, 7) is 0.690. The van der Waals surface area contributed by atoms with E-state index in [4.69, 9.17) is 4.74 Å². The van der Waals surface area contributed by atoms with Gasteiger partial charge in [0.25, 0.3) is 0 Å². The first-order valence-electron chi connectivity index (χ1n) is 8.51. The number of benzene rings is 1. The molecule has 2 aromatic rings. The van der Waals surface area contributed by atoms with Crippen LogP contribution in [0, 0.1) is 5.92 Å². The van der Waals surface area contributed by atoms with Gasteiger partial charge in [0, 0.05) is 42.7 Å². The maximum absolute atomic E-state index is 12.9. The Morgan fingerprint density at radius 3 is 2.85 bits per heavy atom. The van der Waals surface area contributed by atoms with Gasteiger partial charge in [0.05, 0.1) is 0 Å². The summed E-state index contributed by atoms with van der Waals surface area (Å²) in [5, 5.41) is 2.89. The molecule has 1 aliphatic heterocycles. The number of carbonyl (C=O) groups excluding carboxylic acids is 1. The fraction of sp³-hybridized carbons (Fsp3) is 0.333. The molecular formula is C18H19N3O4S. The Hall–Kier alpha value is -2.45. The van der Waals surface area contributed by atoms with Crippen molar-refractivity contribution in [3.63, 3.8) is 0 Å². The summed E-state index contributed by atoms with van der Waals surface area (Å²) in [7, 11) is -3.66. The maximum Gasteiger partial charge on any atom is 0.245 e. The lowest BCUT2D eigenvalue weighted by molar-refractivity contribution is -0.117. The van der Waals surface area contributed by atoms with Gasteiger partial charge >= 0.3 is 0 Å². The number of nitrogens with one attached hydrogen (secondary N) is 1. The number of nitrogens with zero attached hydrogens (tertiary/aromatic N) is 2. The maximum atomic E-state index is 12.9. The van der Waals surface area contributed by atoms with E-state index >= 15 is 0 Å². The first-order chi connectivity index (χ1) is 12.5. The minimum Gasteiger partial charge on any atom is -0.492 e. The van der Waals surface area contributed by atoms with Gasteiger partial charge in [-0.1, -0.05) is 0 Å². The van der Waals surface area contributed by atoms with Gasteiger partial charge in [0.1, 0.15) is 17.3 Å². The molecule has 1 aromatic carbocycles. The van der Waals surface area contributed by atoms with E-state index in [1.54, 1.807) is 24.3 Å². The number of ether oxygens (including phenoxy) is 1. The Labute approximate surface area is 152 Å². The number of fused-ring (bicyclic) bond motifs is 1. The zero-order valence-electron chi connectivity index (χ0n) is 14.1. The van der Waals surface area contributed by atoms with Gasteiger partial charge in [-0.25, -0.2) is 8.42 Å². The average Bonchev–Trinajstić information content (AvgIpc) is 3.49. The van der Waals surface area contributed by atoms with Crippen molar-refractivity contribution in [3.05, 3.63) is 48.3 Å². The van der Waals surface area contributed by atoms with E-state index in [2.05, 4.69) is 10.3 Å². The number of hydrogen-bond acceptors (Lipinski definition) is 5. The van der Waals surface area contributed by atoms with Crippen molar-refractivity contribution < 1.29 is 17.9 Å². The number of hydrogen-bond donors (Lipinski definition) is 1. The summed E-state index contributed by atoms with van der Waals surface area (Å²) >= 11 is 0. The van der Waals surface area contributed by atoms with Crippen LogP contribution in [0.4, 0.5) is 5.69 Å². The minimum atomic E-state index is -3.66. The van der Waals surface area contributed by atoms with Crippen molar-refractivity contribution in [3.8, 4) is 5.75 Å². The fourth-order valence-electron chi connectivity index (χ4n) is 2.89. The van der Waals surface area contributed by atoms with Crippen LogP contribution in [0.2, 0.25) is 0 Å². The molecule has 0 spiro atoms. The predicted octanol–water partition coefficient (Wildman–Crippen LogP) is 2.01. The summed E-state index contributed by atoms with van der Waals surface area (Å²) in [6.07, 6.45) is 4.73. The van der Waals surface area contributed by atoms with Crippen molar-refractivity contribution in [2.75, 3.05) is 18.5 Å². The molecule has 8 heteroatoms. The number of aromatic nitrogens is 1. The molecule has 1 amide bonds. The Balaban J connectivity index is 1.59. The van der Waals surface area contributed by atoms with Crippen LogP contribution in [0.1, 0.15) is 18.4 Å². The molecule has 0 unspecified atom stereocenters. The van der Waals surface area contributed by atoms with Crippen LogP contribution in [-0.2, 0) is 21.4 Å². The van der Waals surface area contributed by atoms with Gasteiger partial charge < -0.3 is 10.1 Å². The van der Waals surface area contributed by atoms with Crippen LogP contribution in [0.15, 0.2) is 47.6 Å². The van der Waals surface area contributed by atoms with E-state index in [1.807, 2.05) is 0 Å². The third-order valence-corrected chi connectivity index (χ3v) is 6.32. The van der Waals surface area contributed by atoms with Crippen LogP contribution in [-0.4, -0.2) is 36.8 Å². The quantitative estimate of drug-likeness (QED) is 0.886. The average molecular weight is 373 g/mol. The number of amides is 1. The Morgan fingerprint density at radius 2 is 2.12 bits per heavy atom. The molecule has 7 nitrogen and oxygen atoms in total. The molecule has 0 bridgehead atoms. The Bertz CT molecular complexity index is 927. The standard InChI is InChI=1S/C18H19N3O4S/c22-18(13-3-4-13)20-15-5-6-17-14(10-15)12-21(8-9-25-17)26(23,24)16-2-1-7-19-11-16/h1-2,5-7,10-11,13H,3-4,8-9,12H2,(H,20,22). The van der Waals surface area contributed by atoms with Crippen LogP contribution in [0.3, 0.4) is 0 Å². The second-order valence-corrected chi connectivity index (χ2v) is 8.40. The second-order valence-electron chi connectivity index (χ2n) is 6.46. The van der Waals surface area contributed by atoms with E-state index < -0.39 is 10.0 Å². The number of carbonyl (C=O) groups is 1. The molecule has 1 aromatic heterocycles. The molecule has 1 aliphatic carbocycles. The van der Waals surface area contributed by atoms with Gasteiger partial charge in [-0.3, -0.25) is 9.78 Å². The summed E-state index contributed by atoms with van der Waals surface area (Å²) in [5.41, 5.74) is 1.38. The lowest BCUT2D eigenvalue weighted by Gasteiger charge is -2.19. The van der Waals surface area contributed by atoms with Crippen molar-refractivity contribution in [2.24, 2.45) is 5.92 Å². The molecule has 2 aliphatic rings. The normalized spacial score (nSPS) is 17.7. The minimum absolute atomic E-state index is 0.0133. The highest BCUT2D eigenvalue weighted by Gasteiger charge is 2.30. The highest BCUT2D eigenvalue weighted by molar-refractivity contribution is 7.89. The lowest BCUT2D eigenvalue weighted by atomic mass is 10.1. The highest BCUT2D eigenvalue weighted by atomic mass is 32.2. The molecule has 0 radical (unpaired) electrons. The second kappa shape index (κ2) is 6.69. The van der Waals surface area contributed by atoms with Gasteiger partial charge in [0.15, 0.2) is 0 Å². The molecule has 26 heavy (non-hydrogen) atoms. The summed E-state index contributed by atoms with van der Waals surface area (Å²) in [5.74, 6) is 0.755. The number of sulfonamides is 1. The number of anilines is 1. The Morgan fingerprint density at radius 1 is 1.27 bits per heavy atom. The summed E-state index contributed by atoms with van der Waals surface area (Å²) in [4.78, 5) is 16.0. The van der Waals surface area contributed by atoms with E-state index in [0.717, 1.165) is 18.4 Å². The number of rotatable bonds is 4. The van der Waals surface area contributed by atoms with Gasteiger partial charge in [0.2, 0.25) is 15.9 Å². The first-order valence-corrected chi connectivity index (χ1v) is 9.95. The monoisotopic (exact) mass is 373 g/mol. The molecular weight excluding hydrogens is 354 g/mol. The van der Waals surface area contributed by atoms with E-state index in [1.165, 1.54) is 22.8 Å². The van der Waals surface area contributed by atoms with E-state index in [-0.39, 0.29) is 36.4 Å². The molecule has 1 fully saturated rings. The molecule has 136 valence electrons. The highest BCUT2D eigenvalue weighted by Crippen LogP contribution is 2.32. The molecule has 0 atom stereocenters. The van der Waals surface area contributed by atoms with Crippen LogP contribution in [0.5, 0.6) is 5.75 Å². The Kier molecular flexibility index (Phi) is 4.37. The van der Waals surface area contributed by atoms with Gasteiger partial charge in [-0.05, 0) is 43.2 Å². The molecule has 1 N–H and O–H groups in total. The number of pyridine rings is 1. The lowest BCUT2D eigenvalue weighted by Crippen LogP contribution is -2.32. The summed E-state index contributed by atoms with van der Waals surface area (Å²) in [6, 6.07) is 8.47. The smallest absolute Gasteiger partial charge is 0.245 e. The molecule has 1 saturated carbocycles. The van der Waals surface area contributed by atoms with E-state index in [0.29, 0.717) is 11.4 Å². The molecule has 0 saturated heterocycles. The summed E-state index contributed by atoms with van der Waals surface area (Å²) < 4.78 is 32.8. The van der Waals surface area contributed by atoms with Gasteiger partial charge in [-0.2, -0.15) is 4.31 Å². The van der Waals surface area contributed by atoms with Crippen molar-refractivity contribution in [1.82, 2.24) is 9.29 Å². The SMILES string of the molecule is O=C(Nc1ccc2c(c1)CN(S(=O)(=O)c1cccnc1)CCO2)C1CC1. The third-order valence-electron chi connectivity index (χ3n) is 4.49. The topological polar surface area (TPSA) is 88.6 Å². The van der Waals surface area contributed by atoms with Gasteiger partial charge in [-0.15, -0.1) is 0 Å².